The summed E-state index contributed by atoms with van der Waals surface area (Å²) < 4.78 is 5.96. The van der Waals surface area contributed by atoms with Gasteiger partial charge in [-0.15, -0.1) is 11.3 Å². The van der Waals surface area contributed by atoms with E-state index in [0.29, 0.717) is 13.0 Å². The fourth-order valence-corrected chi connectivity index (χ4v) is 3.53. The summed E-state index contributed by atoms with van der Waals surface area (Å²) in [6.45, 7) is 5.32. The molecule has 1 aromatic heterocycles. The first kappa shape index (κ1) is 16.0. The van der Waals surface area contributed by atoms with Crippen LogP contribution in [0.2, 0.25) is 0 Å². The first-order valence-corrected chi connectivity index (χ1v) is 8.84. The molecule has 0 saturated carbocycles. The number of carbonyl (C=O) groups excluding carboxylic acids is 1. The number of hydrogen-bond acceptors (Lipinski definition) is 4. The van der Waals surface area contributed by atoms with E-state index < -0.39 is 0 Å². The molecule has 1 aliphatic heterocycles. The number of para-hydroxylation sites is 1. The molecule has 0 radical (unpaired) electrons. The molecule has 1 amide bonds. The Labute approximate surface area is 141 Å². The Morgan fingerprint density at radius 2 is 2.22 bits per heavy atom. The van der Waals surface area contributed by atoms with E-state index in [9.17, 15) is 4.79 Å². The van der Waals surface area contributed by atoms with Gasteiger partial charge in [0, 0.05) is 36.6 Å². The van der Waals surface area contributed by atoms with Gasteiger partial charge in [0.2, 0.25) is 5.91 Å². The summed E-state index contributed by atoms with van der Waals surface area (Å²) in [6, 6.07) is 12.2. The van der Waals surface area contributed by atoms with Crippen LogP contribution in [0.25, 0.3) is 0 Å². The normalized spacial score (nSPS) is 17.9. The molecule has 0 saturated heterocycles. The highest BCUT2D eigenvalue weighted by Gasteiger charge is 2.19. The second kappa shape index (κ2) is 7.62. The van der Waals surface area contributed by atoms with Crippen LogP contribution in [0.1, 0.15) is 17.4 Å². The van der Waals surface area contributed by atoms with Gasteiger partial charge in [0.05, 0.1) is 6.42 Å². The SMILES string of the molecule is CC1CN(CCNC(=O)Cc2cccs2)Cc2ccccc2O1. The minimum Gasteiger partial charge on any atom is -0.489 e. The molecule has 0 bridgehead atoms. The van der Waals surface area contributed by atoms with E-state index in [-0.39, 0.29) is 12.0 Å². The van der Waals surface area contributed by atoms with Crippen LogP contribution in [0, 0.1) is 0 Å². The van der Waals surface area contributed by atoms with Crippen molar-refractivity contribution in [3.8, 4) is 5.75 Å². The second-order valence-corrected chi connectivity index (χ2v) is 6.91. The van der Waals surface area contributed by atoms with Crippen LogP contribution < -0.4 is 10.1 Å². The summed E-state index contributed by atoms with van der Waals surface area (Å²) in [5.74, 6) is 1.07. The first-order valence-electron chi connectivity index (χ1n) is 7.96. The fraction of sp³-hybridized carbons (Fsp3) is 0.389. The Morgan fingerprint density at radius 3 is 3.04 bits per heavy atom. The summed E-state index contributed by atoms with van der Waals surface area (Å²) in [5.41, 5.74) is 1.21. The number of benzene rings is 1. The number of carbonyl (C=O) groups is 1. The smallest absolute Gasteiger partial charge is 0.225 e. The van der Waals surface area contributed by atoms with Crippen molar-refractivity contribution in [2.75, 3.05) is 19.6 Å². The van der Waals surface area contributed by atoms with Crippen LogP contribution >= 0.6 is 11.3 Å². The van der Waals surface area contributed by atoms with E-state index in [4.69, 9.17) is 4.74 Å². The van der Waals surface area contributed by atoms with Gasteiger partial charge in [-0.25, -0.2) is 0 Å². The third kappa shape index (κ3) is 4.56. The topological polar surface area (TPSA) is 41.6 Å². The zero-order valence-electron chi connectivity index (χ0n) is 13.3. The Bertz CT molecular complexity index is 642. The van der Waals surface area contributed by atoms with Gasteiger partial charge in [-0.1, -0.05) is 24.3 Å². The molecule has 122 valence electrons. The molecule has 0 aliphatic carbocycles. The number of fused-ring (bicyclic) bond motifs is 1. The van der Waals surface area contributed by atoms with Crippen LogP contribution in [0.4, 0.5) is 0 Å². The Balaban J connectivity index is 1.49. The highest BCUT2D eigenvalue weighted by molar-refractivity contribution is 7.10. The highest BCUT2D eigenvalue weighted by atomic mass is 32.1. The lowest BCUT2D eigenvalue weighted by molar-refractivity contribution is -0.120. The van der Waals surface area contributed by atoms with Crippen LogP contribution in [0.15, 0.2) is 41.8 Å². The van der Waals surface area contributed by atoms with Gasteiger partial charge in [-0.05, 0) is 24.4 Å². The zero-order valence-corrected chi connectivity index (χ0v) is 14.1. The maximum absolute atomic E-state index is 11.9. The maximum atomic E-state index is 11.9. The van der Waals surface area contributed by atoms with Crippen molar-refractivity contribution in [3.05, 3.63) is 52.2 Å². The summed E-state index contributed by atoms with van der Waals surface area (Å²) in [6.07, 6.45) is 0.625. The number of hydrogen-bond donors (Lipinski definition) is 1. The van der Waals surface area contributed by atoms with E-state index in [0.717, 1.165) is 30.3 Å². The quantitative estimate of drug-likeness (QED) is 0.916. The van der Waals surface area contributed by atoms with Crippen molar-refractivity contribution in [2.24, 2.45) is 0 Å². The molecular formula is C18H22N2O2S. The van der Waals surface area contributed by atoms with Gasteiger partial charge in [-0.3, -0.25) is 9.69 Å². The van der Waals surface area contributed by atoms with E-state index >= 15 is 0 Å². The van der Waals surface area contributed by atoms with Crippen LogP contribution in [0.3, 0.4) is 0 Å². The molecule has 23 heavy (non-hydrogen) atoms. The van der Waals surface area contributed by atoms with Crippen LogP contribution in [0.5, 0.6) is 5.75 Å². The molecular weight excluding hydrogens is 308 g/mol. The summed E-state index contributed by atoms with van der Waals surface area (Å²) >= 11 is 1.62. The molecule has 2 heterocycles. The standard InChI is InChI=1S/C18H22N2O2S/c1-14-12-20(13-15-5-2-3-7-17(15)22-14)9-8-19-18(21)11-16-6-4-10-23-16/h2-7,10,14H,8-9,11-13H2,1H3,(H,19,21). The fourth-order valence-electron chi connectivity index (χ4n) is 2.83. The average molecular weight is 330 g/mol. The number of nitrogens with one attached hydrogen (secondary N) is 1. The Hall–Kier alpha value is -1.85. The third-order valence-electron chi connectivity index (χ3n) is 3.88. The van der Waals surface area contributed by atoms with Crippen molar-refractivity contribution in [2.45, 2.75) is 26.0 Å². The van der Waals surface area contributed by atoms with E-state index in [1.165, 1.54) is 5.56 Å². The van der Waals surface area contributed by atoms with Crippen molar-refractivity contribution in [1.29, 1.82) is 0 Å². The molecule has 4 nitrogen and oxygen atoms in total. The first-order chi connectivity index (χ1) is 11.2. The van der Waals surface area contributed by atoms with Crippen LogP contribution in [-0.2, 0) is 17.8 Å². The van der Waals surface area contributed by atoms with Crippen molar-refractivity contribution in [3.63, 3.8) is 0 Å². The lowest BCUT2D eigenvalue weighted by atomic mass is 10.2. The number of thiophene rings is 1. The van der Waals surface area contributed by atoms with Gasteiger partial charge in [0.25, 0.3) is 0 Å². The molecule has 1 aliphatic rings. The van der Waals surface area contributed by atoms with E-state index in [1.807, 2.05) is 35.7 Å². The lowest BCUT2D eigenvalue weighted by Gasteiger charge is -2.21. The molecule has 0 spiro atoms. The molecule has 2 aromatic rings. The van der Waals surface area contributed by atoms with Gasteiger partial charge >= 0.3 is 0 Å². The molecule has 1 atom stereocenters. The predicted molar refractivity (Wildman–Crippen MR) is 92.8 cm³/mol. The molecule has 1 unspecified atom stereocenters. The number of rotatable bonds is 5. The molecule has 1 aromatic carbocycles. The van der Waals surface area contributed by atoms with Gasteiger partial charge in [0.15, 0.2) is 0 Å². The molecule has 5 heteroatoms. The largest absolute Gasteiger partial charge is 0.489 e. The number of ether oxygens (including phenoxy) is 1. The Kier molecular flexibility index (Phi) is 5.31. The molecule has 1 N–H and O–H groups in total. The van der Waals surface area contributed by atoms with Gasteiger partial charge in [-0.2, -0.15) is 0 Å². The van der Waals surface area contributed by atoms with Crippen molar-refractivity contribution in [1.82, 2.24) is 10.2 Å². The Morgan fingerprint density at radius 1 is 1.35 bits per heavy atom. The highest BCUT2D eigenvalue weighted by Crippen LogP contribution is 2.24. The minimum absolute atomic E-state index is 0.0898. The summed E-state index contributed by atoms with van der Waals surface area (Å²) in [4.78, 5) is 15.4. The number of nitrogens with zero attached hydrogens (tertiary/aromatic N) is 1. The van der Waals surface area contributed by atoms with Crippen molar-refractivity contribution >= 4 is 17.2 Å². The van der Waals surface area contributed by atoms with Crippen LogP contribution in [-0.4, -0.2) is 36.5 Å². The third-order valence-corrected chi connectivity index (χ3v) is 4.75. The molecule has 0 fully saturated rings. The summed E-state index contributed by atoms with van der Waals surface area (Å²) in [7, 11) is 0. The van der Waals surface area contributed by atoms with Crippen molar-refractivity contribution < 1.29 is 9.53 Å². The van der Waals surface area contributed by atoms with E-state index in [1.54, 1.807) is 11.3 Å². The summed E-state index contributed by atoms with van der Waals surface area (Å²) in [5, 5.41) is 5.01. The van der Waals surface area contributed by atoms with Gasteiger partial charge < -0.3 is 10.1 Å². The zero-order chi connectivity index (χ0) is 16.1. The maximum Gasteiger partial charge on any atom is 0.225 e. The molecule has 3 rings (SSSR count). The monoisotopic (exact) mass is 330 g/mol. The van der Waals surface area contributed by atoms with E-state index in [2.05, 4.69) is 23.2 Å². The van der Waals surface area contributed by atoms with Gasteiger partial charge in [0.1, 0.15) is 11.9 Å². The average Bonchev–Trinajstić information content (AvgIpc) is 2.95. The number of amides is 1. The predicted octanol–water partition coefficient (Wildman–Crippen LogP) is 2.69. The minimum atomic E-state index is 0.0898. The second-order valence-electron chi connectivity index (χ2n) is 5.88. The lowest BCUT2D eigenvalue weighted by Crippen LogP contribution is -2.38.